The number of carbonyl (C=O) groups is 1. The molecule has 0 amide bonds. The van der Waals surface area contributed by atoms with E-state index in [2.05, 4.69) is 0 Å². The second kappa shape index (κ2) is 5.35. The van der Waals surface area contributed by atoms with Crippen LogP contribution in [0.15, 0.2) is 53.1 Å². The highest BCUT2D eigenvalue weighted by atomic mass is 32.2. The Morgan fingerprint density at radius 1 is 1.20 bits per heavy atom. The third kappa shape index (κ3) is 2.23. The number of ether oxygens (including phenoxy) is 1. The minimum absolute atomic E-state index is 0.0543. The van der Waals surface area contributed by atoms with Crippen LogP contribution in [0.3, 0.4) is 0 Å². The Morgan fingerprint density at radius 3 is 2.76 bits per heavy atom. The number of likely N-dealkylation sites (N-methyl/N-ethyl adjacent to an activating group) is 1. The highest BCUT2D eigenvalue weighted by molar-refractivity contribution is 7.89. The van der Waals surface area contributed by atoms with E-state index in [0.717, 1.165) is 15.6 Å². The fourth-order valence-corrected chi connectivity index (χ4v) is 4.54. The predicted molar refractivity (Wildman–Crippen MR) is 90.9 cm³/mol. The first-order chi connectivity index (χ1) is 11.9. The minimum atomic E-state index is -3.90. The maximum atomic E-state index is 12.8. The summed E-state index contributed by atoms with van der Waals surface area (Å²) in [5.74, 6) is -0.148. The van der Waals surface area contributed by atoms with Crippen molar-refractivity contribution in [3.05, 3.63) is 64.9 Å². The number of benzene rings is 2. The van der Waals surface area contributed by atoms with Gasteiger partial charge in [-0.25, -0.2) is 8.42 Å². The molecule has 6 nitrogen and oxygen atoms in total. The number of hydrogen-bond acceptors (Lipinski definition) is 5. The van der Waals surface area contributed by atoms with E-state index in [-0.39, 0.29) is 21.9 Å². The lowest BCUT2D eigenvalue weighted by Gasteiger charge is -2.28. The van der Waals surface area contributed by atoms with Crippen molar-refractivity contribution in [3.63, 3.8) is 0 Å². The Morgan fingerprint density at radius 2 is 1.96 bits per heavy atom. The number of rotatable bonds is 1. The third-order valence-corrected chi connectivity index (χ3v) is 6.30. The SMILES string of the molecule is CN1C(=C(O)c2ccc3c(c2)CCO3)C(=O)c2ccccc2S1(=O)=O. The fraction of sp³-hybridized carbons (Fsp3) is 0.167. The van der Waals surface area contributed by atoms with Crippen LogP contribution in [0.1, 0.15) is 21.5 Å². The van der Waals surface area contributed by atoms with Crippen LogP contribution in [0.5, 0.6) is 5.75 Å². The van der Waals surface area contributed by atoms with Gasteiger partial charge in [-0.05, 0) is 35.9 Å². The lowest BCUT2D eigenvalue weighted by atomic mass is 10.0. The molecule has 4 rings (SSSR count). The van der Waals surface area contributed by atoms with Crippen LogP contribution in [-0.4, -0.2) is 37.3 Å². The zero-order valence-electron chi connectivity index (χ0n) is 13.4. The molecule has 2 aliphatic rings. The molecular weight excluding hydrogens is 342 g/mol. The molecule has 2 aromatic rings. The normalized spacial score (nSPS) is 19.9. The van der Waals surface area contributed by atoms with Gasteiger partial charge in [0, 0.05) is 24.6 Å². The van der Waals surface area contributed by atoms with Gasteiger partial charge in [0.2, 0.25) is 5.78 Å². The topological polar surface area (TPSA) is 83.9 Å². The summed E-state index contributed by atoms with van der Waals surface area (Å²) in [6.07, 6.45) is 0.705. The van der Waals surface area contributed by atoms with Gasteiger partial charge in [-0.2, -0.15) is 0 Å². The quantitative estimate of drug-likeness (QED) is 0.626. The molecule has 0 saturated carbocycles. The van der Waals surface area contributed by atoms with Crippen LogP contribution >= 0.6 is 0 Å². The number of sulfonamides is 1. The summed E-state index contributed by atoms with van der Waals surface area (Å²) in [4.78, 5) is 12.8. The highest BCUT2D eigenvalue weighted by Gasteiger charge is 2.39. The van der Waals surface area contributed by atoms with Crippen molar-refractivity contribution in [1.82, 2.24) is 4.31 Å². The number of Topliss-reactive ketones (excluding diaryl/α,β-unsaturated/α-hetero) is 1. The molecule has 25 heavy (non-hydrogen) atoms. The molecule has 0 bridgehead atoms. The Balaban J connectivity index is 1.92. The van der Waals surface area contributed by atoms with Crippen LogP contribution in [0.25, 0.3) is 5.76 Å². The van der Waals surface area contributed by atoms with E-state index in [9.17, 15) is 18.3 Å². The first-order valence-corrected chi connectivity index (χ1v) is 9.17. The van der Waals surface area contributed by atoms with Crippen LogP contribution in [0.2, 0.25) is 0 Å². The van der Waals surface area contributed by atoms with E-state index in [1.54, 1.807) is 30.3 Å². The molecule has 0 aliphatic carbocycles. The molecule has 7 heteroatoms. The molecule has 128 valence electrons. The first kappa shape index (κ1) is 15.7. The average Bonchev–Trinajstić information content (AvgIpc) is 3.08. The Labute approximate surface area is 145 Å². The van der Waals surface area contributed by atoms with Gasteiger partial charge in [0.15, 0.2) is 5.76 Å². The number of aliphatic hydroxyl groups excluding tert-OH is 1. The summed E-state index contributed by atoms with van der Waals surface area (Å²) in [6.45, 7) is 0.566. The standard InChI is InChI=1S/C18H15NO5S/c1-19-16(17(20)12-6-7-14-11(10-12)8-9-24-14)18(21)13-4-2-3-5-15(13)25(19,22)23/h2-7,10,20H,8-9H2,1H3. The average molecular weight is 357 g/mol. The van der Waals surface area contributed by atoms with E-state index < -0.39 is 15.8 Å². The number of ketones is 1. The van der Waals surface area contributed by atoms with Gasteiger partial charge in [-0.3, -0.25) is 9.10 Å². The zero-order valence-corrected chi connectivity index (χ0v) is 14.2. The zero-order chi connectivity index (χ0) is 17.8. The van der Waals surface area contributed by atoms with Crippen LogP contribution in [0, 0.1) is 0 Å². The number of carbonyl (C=O) groups excluding carboxylic acids is 1. The molecule has 1 N–H and O–H groups in total. The van der Waals surface area contributed by atoms with Crippen molar-refractivity contribution in [2.24, 2.45) is 0 Å². The first-order valence-electron chi connectivity index (χ1n) is 7.73. The molecule has 0 aromatic heterocycles. The van der Waals surface area contributed by atoms with Gasteiger partial charge in [0.1, 0.15) is 11.4 Å². The maximum absolute atomic E-state index is 12.8. The van der Waals surface area contributed by atoms with Gasteiger partial charge in [0.05, 0.1) is 11.5 Å². The lowest BCUT2D eigenvalue weighted by molar-refractivity contribution is 0.100. The summed E-state index contributed by atoms with van der Waals surface area (Å²) in [5, 5.41) is 10.7. The molecule has 2 aromatic carbocycles. The van der Waals surface area contributed by atoms with Gasteiger partial charge >= 0.3 is 0 Å². The van der Waals surface area contributed by atoms with Gasteiger partial charge in [0.25, 0.3) is 10.0 Å². The summed E-state index contributed by atoms with van der Waals surface area (Å²) in [6, 6.07) is 11.0. The van der Waals surface area contributed by atoms with Crippen LogP contribution in [0.4, 0.5) is 0 Å². The predicted octanol–water partition coefficient (Wildman–Crippen LogP) is 2.37. The van der Waals surface area contributed by atoms with Crippen LogP contribution < -0.4 is 4.74 Å². The van der Waals surface area contributed by atoms with Crippen molar-refractivity contribution in [3.8, 4) is 5.75 Å². The monoisotopic (exact) mass is 357 g/mol. The fourth-order valence-electron chi connectivity index (χ4n) is 3.14. The molecule has 0 atom stereocenters. The highest BCUT2D eigenvalue weighted by Crippen LogP contribution is 2.35. The van der Waals surface area contributed by atoms with E-state index in [1.165, 1.54) is 19.2 Å². The summed E-state index contributed by atoms with van der Waals surface area (Å²) in [5.41, 5.74) is 1.11. The second-order valence-corrected chi connectivity index (χ2v) is 7.85. The molecule has 2 aliphatic heterocycles. The maximum Gasteiger partial charge on any atom is 0.265 e. The summed E-state index contributed by atoms with van der Waals surface area (Å²) in [7, 11) is -2.63. The molecule has 0 fully saturated rings. The van der Waals surface area contributed by atoms with Gasteiger partial charge in [-0.1, -0.05) is 12.1 Å². The van der Waals surface area contributed by atoms with Gasteiger partial charge < -0.3 is 9.84 Å². The largest absolute Gasteiger partial charge is 0.505 e. The Hall–Kier alpha value is -2.80. The number of aliphatic hydroxyl groups is 1. The van der Waals surface area contributed by atoms with Crippen molar-refractivity contribution >= 4 is 21.6 Å². The number of allylic oxidation sites excluding steroid dienone is 1. The second-order valence-electron chi connectivity index (χ2n) is 5.92. The molecule has 0 unspecified atom stereocenters. The van der Waals surface area contributed by atoms with Crippen molar-refractivity contribution in [2.45, 2.75) is 11.3 Å². The molecule has 2 heterocycles. The van der Waals surface area contributed by atoms with E-state index in [4.69, 9.17) is 4.74 Å². The molecule has 0 saturated heterocycles. The van der Waals surface area contributed by atoms with Gasteiger partial charge in [-0.15, -0.1) is 0 Å². The van der Waals surface area contributed by atoms with Crippen LogP contribution in [-0.2, 0) is 16.4 Å². The molecule has 0 spiro atoms. The Bertz CT molecular complexity index is 1040. The van der Waals surface area contributed by atoms with E-state index in [0.29, 0.717) is 18.6 Å². The molecule has 0 radical (unpaired) electrons. The van der Waals surface area contributed by atoms with Crippen molar-refractivity contribution in [1.29, 1.82) is 0 Å². The minimum Gasteiger partial charge on any atom is -0.505 e. The van der Waals surface area contributed by atoms with E-state index >= 15 is 0 Å². The molecular formula is C18H15NO5S. The number of nitrogens with zero attached hydrogens (tertiary/aromatic N) is 1. The number of fused-ring (bicyclic) bond motifs is 2. The number of hydrogen-bond donors (Lipinski definition) is 1. The third-order valence-electron chi connectivity index (χ3n) is 4.49. The smallest absolute Gasteiger partial charge is 0.265 e. The van der Waals surface area contributed by atoms with Crippen molar-refractivity contribution in [2.75, 3.05) is 13.7 Å². The van der Waals surface area contributed by atoms with E-state index in [1.807, 2.05) is 0 Å². The lowest BCUT2D eigenvalue weighted by Crippen LogP contribution is -2.37. The Kier molecular flexibility index (Phi) is 3.36. The summed E-state index contributed by atoms with van der Waals surface area (Å²) < 4.78 is 31.7. The van der Waals surface area contributed by atoms with Crippen molar-refractivity contribution < 1.29 is 23.1 Å². The summed E-state index contributed by atoms with van der Waals surface area (Å²) >= 11 is 0.